The van der Waals surface area contributed by atoms with Crippen LogP contribution in [-0.2, 0) is 11.2 Å². The van der Waals surface area contributed by atoms with E-state index in [1.807, 2.05) is 6.92 Å². The van der Waals surface area contributed by atoms with Crippen LogP contribution in [0.3, 0.4) is 0 Å². The maximum atomic E-state index is 13.2. The Labute approximate surface area is 205 Å². The Balaban J connectivity index is 0.00000363. The van der Waals surface area contributed by atoms with E-state index in [-0.39, 0.29) is 41.2 Å². The number of ether oxygens (including phenoxy) is 1. The number of nitrogens with zero attached hydrogens (tertiary/aromatic N) is 4. The quantitative estimate of drug-likeness (QED) is 0.200. The third-order valence-electron chi connectivity index (χ3n) is 5.28. The highest BCUT2D eigenvalue weighted by Crippen LogP contribution is 2.25. The van der Waals surface area contributed by atoms with Crippen LogP contribution in [0.1, 0.15) is 44.4 Å². The van der Waals surface area contributed by atoms with Gasteiger partial charge in [-0.3, -0.25) is 4.99 Å². The molecule has 1 fully saturated rings. The summed E-state index contributed by atoms with van der Waals surface area (Å²) in [7, 11) is 0. The van der Waals surface area contributed by atoms with Crippen molar-refractivity contribution in [2.45, 2.75) is 45.1 Å². The third-order valence-corrected chi connectivity index (χ3v) is 5.28. The van der Waals surface area contributed by atoms with Crippen LogP contribution in [0.5, 0.6) is 0 Å². The van der Waals surface area contributed by atoms with Crippen LogP contribution in [0.25, 0.3) is 5.69 Å². The van der Waals surface area contributed by atoms with Gasteiger partial charge in [-0.05, 0) is 63.8 Å². The highest BCUT2D eigenvalue weighted by Gasteiger charge is 2.29. The first-order valence-electron chi connectivity index (χ1n) is 10.7. The summed E-state index contributed by atoms with van der Waals surface area (Å²) in [4.78, 5) is 4.66. The minimum Gasteiger partial charge on any atom is -0.382 e. The van der Waals surface area contributed by atoms with Crippen LogP contribution in [0.2, 0.25) is 0 Å². The van der Waals surface area contributed by atoms with Gasteiger partial charge in [0.2, 0.25) is 0 Å². The lowest BCUT2D eigenvalue weighted by molar-refractivity contribution is 0.0283. The van der Waals surface area contributed by atoms with E-state index in [0.29, 0.717) is 36.5 Å². The topological polar surface area (TPSA) is 113 Å². The molecule has 1 aromatic heterocycles. The molecule has 0 radical (unpaired) electrons. The molecule has 0 amide bonds. The fraction of sp³-hybridized carbons (Fsp3) is 0.500. The van der Waals surface area contributed by atoms with Gasteiger partial charge in [0.05, 0.1) is 23.5 Å². The monoisotopic (exact) mass is 555 g/mol. The smallest absolute Gasteiger partial charge is 0.191 e. The summed E-state index contributed by atoms with van der Waals surface area (Å²) < 4.78 is 20.5. The number of nitrogen functional groups attached to an aromatic ring is 1. The number of hydrogen-bond donors (Lipinski definition) is 3. The number of aryl methyl sites for hydroxylation is 1. The second-order valence-corrected chi connectivity index (χ2v) is 7.83. The number of guanidine groups is 1. The molecule has 1 saturated heterocycles. The Morgan fingerprint density at radius 1 is 1.38 bits per heavy atom. The van der Waals surface area contributed by atoms with Crippen molar-refractivity contribution < 1.29 is 9.13 Å². The Kier molecular flexibility index (Phi) is 9.71. The van der Waals surface area contributed by atoms with Crippen LogP contribution in [0.4, 0.5) is 10.2 Å². The largest absolute Gasteiger partial charge is 0.382 e. The summed E-state index contributed by atoms with van der Waals surface area (Å²) in [5, 5.41) is 20.6. The maximum absolute atomic E-state index is 13.2. The predicted octanol–water partition coefficient (Wildman–Crippen LogP) is 3.14. The zero-order chi connectivity index (χ0) is 22.3. The van der Waals surface area contributed by atoms with Crippen molar-refractivity contribution in [1.29, 1.82) is 5.26 Å². The summed E-state index contributed by atoms with van der Waals surface area (Å²) in [6.45, 7) is 6.95. The fourth-order valence-corrected chi connectivity index (χ4v) is 3.57. The lowest BCUT2D eigenvalue weighted by Gasteiger charge is -2.21. The van der Waals surface area contributed by atoms with Gasteiger partial charge in [0.1, 0.15) is 23.3 Å². The van der Waals surface area contributed by atoms with E-state index in [1.54, 1.807) is 12.1 Å². The van der Waals surface area contributed by atoms with Crippen molar-refractivity contribution in [3.63, 3.8) is 0 Å². The van der Waals surface area contributed by atoms with E-state index < -0.39 is 0 Å². The zero-order valence-electron chi connectivity index (χ0n) is 18.5. The van der Waals surface area contributed by atoms with Crippen molar-refractivity contribution in [1.82, 2.24) is 20.4 Å². The molecular formula is C22H31FIN7O. The summed E-state index contributed by atoms with van der Waals surface area (Å²) in [6, 6.07) is 7.98. The normalized spacial score (nSPS) is 18.1. The number of anilines is 1. The molecule has 1 aromatic carbocycles. The molecule has 0 aliphatic carbocycles. The van der Waals surface area contributed by atoms with E-state index in [9.17, 15) is 9.65 Å². The van der Waals surface area contributed by atoms with Crippen molar-refractivity contribution in [3.05, 3.63) is 41.3 Å². The number of nitrogens with one attached hydrogen (secondary N) is 2. The Hall–Kier alpha value is -2.39. The van der Waals surface area contributed by atoms with Crippen LogP contribution in [0.15, 0.2) is 29.3 Å². The van der Waals surface area contributed by atoms with E-state index >= 15 is 0 Å². The molecule has 2 heterocycles. The van der Waals surface area contributed by atoms with Gasteiger partial charge >= 0.3 is 0 Å². The molecular weight excluding hydrogens is 524 g/mol. The molecule has 1 atom stereocenters. The standard InChI is InChI=1S/C22H30FN7O.HI/c1-3-26-21(28-15-22(2)11-5-13-31-22)27-12-4-6-19-18(14-24)20(25)30(29-19)17-9-7-16(23)8-10-17;/h7-10H,3-6,11-13,15,25H2,1-2H3,(H2,26,27,28);1H. The molecule has 10 heteroatoms. The van der Waals surface area contributed by atoms with Crippen molar-refractivity contribution in [2.75, 3.05) is 32.0 Å². The number of rotatable bonds is 8. The van der Waals surface area contributed by atoms with Gasteiger partial charge in [0.15, 0.2) is 5.96 Å². The molecule has 1 aliphatic rings. The number of nitrogens with two attached hydrogens (primary N) is 1. The minimum absolute atomic E-state index is 0. The molecule has 0 spiro atoms. The molecule has 8 nitrogen and oxygen atoms in total. The molecule has 32 heavy (non-hydrogen) atoms. The second kappa shape index (κ2) is 12.0. The summed E-state index contributed by atoms with van der Waals surface area (Å²) in [5.41, 5.74) is 7.53. The molecule has 174 valence electrons. The van der Waals surface area contributed by atoms with Crippen molar-refractivity contribution in [2.24, 2.45) is 4.99 Å². The van der Waals surface area contributed by atoms with Crippen LogP contribution in [-0.4, -0.2) is 47.6 Å². The molecule has 3 rings (SSSR count). The van der Waals surface area contributed by atoms with E-state index in [1.165, 1.54) is 16.8 Å². The molecule has 0 bridgehead atoms. The second-order valence-electron chi connectivity index (χ2n) is 7.83. The number of hydrogen-bond acceptors (Lipinski definition) is 5. The highest BCUT2D eigenvalue weighted by molar-refractivity contribution is 14.0. The molecule has 1 aliphatic heterocycles. The Morgan fingerprint density at radius 3 is 2.75 bits per heavy atom. The number of halogens is 2. The number of benzene rings is 1. The van der Waals surface area contributed by atoms with Gasteiger partial charge in [-0.15, -0.1) is 24.0 Å². The predicted molar refractivity (Wildman–Crippen MR) is 134 cm³/mol. The summed E-state index contributed by atoms with van der Waals surface area (Å²) in [6.07, 6.45) is 3.41. The van der Waals surface area contributed by atoms with E-state index in [2.05, 4.69) is 33.7 Å². The SMILES string of the molecule is CCNC(=NCC1(C)CCCO1)NCCCc1nn(-c2ccc(F)cc2)c(N)c1C#N.I. The number of aliphatic imine (C=N–C) groups is 1. The lowest BCUT2D eigenvalue weighted by atomic mass is 10.0. The van der Waals surface area contributed by atoms with E-state index in [4.69, 9.17) is 10.5 Å². The zero-order valence-corrected chi connectivity index (χ0v) is 20.9. The first kappa shape index (κ1) is 25.9. The van der Waals surface area contributed by atoms with Gasteiger partial charge in [-0.2, -0.15) is 10.4 Å². The number of nitriles is 1. The van der Waals surface area contributed by atoms with Crippen molar-refractivity contribution in [3.8, 4) is 11.8 Å². The van der Waals surface area contributed by atoms with Crippen LogP contribution in [0, 0.1) is 17.1 Å². The summed E-state index contributed by atoms with van der Waals surface area (Å²) >= 11 is 0. The average Bonchev–Trinajstić information content (AvgIpc) is 3.33. The molecule has 1 unspecified atom stereocenters. The fourth-order valence-electron chi connectivity index (χ4n) is 3.57. The first-order valence-corrected chi connectivity index (χ1v) is 10.7. The van der Waals surface area contributed by atoms with Gasteiger partial charge in [0.25, 0.3) is 0 Å². The summed E-state index contributed by atoms with van der Waals surface area (Å²) in [5.74, 6) is 0.667. The van der Waals surface area contributed by atoms with E-state index in [0.717, 1.165) is 38.4 Å². The van der Waals surface area contributed by atoms with Gasteiger partial charge in [-0.25, -0.2) is 9.07 Å². The Bertz CT molecular complexity index is 946. The molecule has 4 N–H and O–H groups in total. The van der Waals surface area contributed by atoms with Crippen LogP contribution >= 0.6 is 24.0 Å². The van der Waals surface area contributed by atoms with Gasteiger partial charge < -0.3 is 21.1 Å². The third kappa shape index (κ3) is 6.56. The Morgan fingerprint density at radius 2 is 2.12 bits per heavy atom. The number of aromatic nitrogens is 2. The minimum atomic E-state index is -0.340. The average molecular weight is 555 g/mol. The molecule has 2 aromatic rings. The van der Waals surface area contributed by atoms with Gasteiger partial charge in [0, 0.05) is 19.7 Å². The highest BCUT2D eigenvalue weighted by atomic mass is 127. The van der Waals surface area contributed by atoms with Crippen molar-refractivity contribution >= 4 is 35.8 Å². The first-order chi connectivity index (χ1) is 15.0. The van der Waals surface area contributed by atoms with Crippen LogP contribution < -0.4 is 16.4 Å². The lowest BCUT2D eigenvalue weighted by Crippen LogP contribution is -2.39. The molecule has 0 saturated carbocycles. The maximum Gasteiger partial charge on any atom is 0.191 e. The van der Waals surface area contributed by atoms with Gasteiger partial charge in [-0.1, -0.05) is 0 Å².